The number of aromatic nitrogens is 3. The lowest BCUT2D eigenvalue weighted by Crippen LogP contribution is -1.99. The van der Waals surface area contributed by atoms with Crippen molar-refractivity contribution in [3.63, 3.8) is 0 Å². The molecule has 0 saturated heterocycles. The van der Waals surface area contributed by atoms with Gasteiger partial charge in [-0.2, -0.15) is 9.61 Å². The Morgan fingerprint density at radius 2 is 2.00 bits per heavy atom. The molecule has 0 fully saturated rings. The van der Waals surface area contributed by atoms with Gasteiger partial charge in [-0.05, 0) is 47.1 Å². The summed E-state index contributed by atoms with van der Waals surface area (Å²) in [4.78, 5) is 4.57. The van der Waals surface area contributed by atoms with E-state index in [1.807, 2.05) is 49.4 Å². The molecule has 3 heterocycles. The minimum Gasteiger partial charge on any atom is -0.463 e. The third kappa shape index (κ3) is 2.61. The number of furan rings is 1. The normalized spacial score (nSPS) is 11.0. The van der Waals surface area contributed by atoms with E-state index in [0.717, 1.165) is 10.2 Å². The van der Waals surface area contributed by atoms with Crippen molar-refractivity contribution in [2.45, 2.75) is 6.92 Å². The first-order chi connectivity index (χ1) is 11.2. The number of aryl methyl sites for hydroxylation is 1. The van der Waals surface area contributed by atoms with Crippen molar-refractivity contribution < 1.29 is 9.15 Å². The number of fused-ring (bicyclic) bond motifs is 1. The molecule has 0 aliphatic carbocycles. The minimum absolute atomic E-state index is 0.566. The zero-order valence-electron chi connectivity index (χ0n) is 12.2. The number of hydrogen-bond acceptors (Lipinski definition) is 4. The summed E-state index contributed by atoms with van der Waals surface area (Å²) in [6, 6.07) is 13.3. The maximum Gasteiger partial charge on any atom is 0.224 e. The first-order valence-electron chi connectivity index (χ1n) is 7.03. The predicted molar refractivity (Wildman–Crippen MR) is 89.6 cm³/mol. The van der Waals surface area contributed by atoms with Crippen molar-refractivity contribution in [1.82, 2.24) is 14.6 Å². The molecule has 4 aromatic rings. The van der Waals surface area contributed by atoms with Gasteiger partial charge in [0.25, 0.3) is 0 Å². The van der Waals surface area contributed by atoms with Gasteiger partial charge >= 0.3 is 0 Å². The second kappa shape index (κ2) is 5.55. The van der Waals surface area contributed by atoms with E-state index in [4.69, 9.17) is 9.15 Å². The summed E-state index contributed by atoms with van der Waals surface area (Å²) in [7, 11) is 0. The molecule has 0 bridgehead atoms. The predicted octanol–water partition coefficient (Wildman–Crippen LogP) is 4.85. The lowest BCUT2D eigenvalue weighted by atomic mass is 10.2. The summed E-state index contributed by atoms with van der Waals surface area (Å²) in [6.07, 6.45) is 3.31. The van der Waals surface area contributed by atoms with Crippen LogP contribution in [0.2, 0.25) is 0 Å². The molecule has 0 spiro atoms. The highest BCUT2D eigenvalue weighted by atomic mass is 79.9. The Kier molecular flexibility index (Phi) is 3.38. The molecule has 114 valence electrons. The topological polar surface area (TPSA) is 52.6 Å². The quantitative estimate of drug-likeness (QED) is 0.517. The third-order valence-corrected chi connectivity index (χ3v) is 3.97. The fourth-order valence-corrected chi connectivity index (χ4v) is 2.61. The molecule has 0 unspecified atom stereocenters. The van der Waals surface area contributed by atoms with Gasteiger partial charge in [-0.3, -0.25) is 0 Å². The van der Waals surface area contributed by atoms with Crippen LogP contribution in [0.3, 0.4) is 0 Å². The van der Waals surface area contributed by atoms with Gasteiger partial charge < -0.3 is 9.15 Å². The van der Waals surface area contributed by atoms with E-state index in [-0.39, 0.29) is 0 Å². The van der Waals surface area contributed by atoms with Gasteiger partial charge in [0.05, 0.1) is 16.9 Å². The Morgan fingerprint density at radius 1 is 1.17 bits per heavy atom. The molecule has 3 aromatic heterocycles. The first kappa shape index (κ1) is 14.0. The van der Waals surface area contributed by atoms with E-state index in [9.17, 15) is 0 Å². The molecule has 0 amide bonds. The van der Waals surface area contributed by atoms with Crippen LogP contribution in [-0.2, 0) is 0 Å². The highest BCUT2D eigenvalue weighted by molar-refractivity contribution is 9.10. The number of hydrogen-bond donors (Lipinski definition) is 0. The first-order valence-corrected chi connectivity index (χ1v) is 7.83. The summed E-state index contributed by atoms with van der Waals surface area (Å²) >= 11 is 3.46. The van der Waals surface area contributed by atoms with Gasteiger partial charge in [-0.25, -0.2) is 4.98 Å². The fourth-order valence-electron chi connectivity index (χ4n) is 2.26. The molecule has 6 heteroatoms. The second-order valence-corrected chi connectivity index (χ2v) is 5.95. The maximum absolute atomic E-state index is 6.00. The SMILES string of the molecule is Cc1ccc(Oc2cc(-c3ccco3)nc3c(Br)cnn23)cc1. The standard InChI is InChI=1S/C17H12BrN3O2/c1-11-4-6-12(7-5-11)23-16-9-14(15-3-2-8-22-15)20-17-13(18)10-19-21(16)17/h2-10H,1H3. The van der Waals surface area contributed by atoms with E-state index in [1.54, 1.807) is 17.0 Å². The number of rotatable bonds is 3. The molecule has 0 N–H and O–H groups in total. The van der Waals surface area contributed by atoms with Crippen molar-refractivity contribution in [1.29, 1.82) is 0 Å². The molecular weight excluding hydrogens is 358 g/mol. The van der Waals surface area contributed by atoms with E-state index in [1.165, 1.54) is 5.56 Å². The van der Waals surface area contributed by atoms with Crippen molar-refractivity contribution in [2.24, 2.45) is 0 Å². The molecule has 23 heavy (non-hydrogen) atoms. The lowest BCUT2D eigenvalue weighted by molar-refractivity contribution is 0.446. The van der Waals surface area contributed by atoms with Gasteiger partial charge in [0, 0.05) is 6.07 Å². The average molecular weight is 370 g/mol. The summed E-state index contributed by atoms with van der Waals surface area (Å²) in [6.45, 7) is 2.04. The summed E-state index contributed by atoms with van der Waals surface area (Å²) in [5.41, 5.74) is 2.53. The smallest absolute Gasteiger partial charge is 0.224 e. The summed E-state index contributed by atoms with van der Waals surface area (Å²) < 4.78 is 13.9. The monoisotopic (exact) mass is 369 g/mol. The van der Waals surface area contributed by atoms with Crippen LogP contribution in [0.25, 0.3) is 17.1 Å². The fraction of sp³-hybridized carbons (Fsp3) is 0.0588. The van der Waals surface area contributed by atoms with Gasteiger partial charge in [0.2, 0.25) is 5.88 Å². The third-order valence-electron chi connectivity index (χ3n) is 3.41. The van der Waals surface area contributed by atoms with Crippen LogP contribution in [0.1, 0.15) is 5.56 Å². The largest absolute Gasteiger partial charge is 0.463 e. The van der Waals surface area contributed by atoms with Crippen molar-refractivity contribution in [3.05, 3.63) is 65.0 Å². The number of nitrogens with zero attached hydrogens (tertiary/aromatic N) is 3. The molecule has 0 atom stereocenters. The molecule has 0 saturated carbocycles. The Morgan fingerprint density at radius 3 is 2.74 bits per heavy atom. The van der Waals surface area contributed by atoms with Crippen LogP contribution >= 0.6 is 15.9 Å². The molecule has 4 rings (SSSR count). The number of benzene rings is 1. The Balaban J connectivity index is 1.85. The molecule has 0 radical (unpaired) electrons. The summed E-state index contributed by atoms with van der Waals surface area (Å²) in [5, 5.41) is 4.31. The molecule has 0 aliphatic rings. The van der Waals surface area contributed by atoms with Crippen molar-refractivity contribution in [2.75, 3.05) is 0 Å². The Bertz CT molecular complexity index is 960. The van der Waals surface area contributed by atoms with Crippen LogP contribution in [-0.4, -0.2) is 14.6 Å². The van der Waals surface area contributed by atoms with Gasteiger partial charge in [-0.15, -0.1) is 0 Å². The van der Waals surface area contributed by atoms with E-state index >= 15 is 0 Å². The van der Waals surface area contributed by atoms with E-state index in [0.29, 0.717) is 23.0 Å². The van der Waals surface area contributed by atoms with Crippen molar-refractivity contribution in [3.8, 4) is 23.1 Å². The minimum atomic E-state index is 0.566. The zero-order valence-corrected chi connectivity index (χ0v) is 13.8. The van der Waals surface area contributed by atoms with E-state index in [2.05, 4.69) is 26.0 Å². The maximum atomic E-state index is 6.00. The molecule has 1 aromatic carbocycles. The van der Waals surface area contributed by atoms with Crippen LogP contribution < -0.4 is 4.74 Å². The zero-order chi connectivity index (χ0) is 15.8. The highest BCUT2D eigenvalue weighted by Gasteiger charge is 2.14. The summed E-state index contributed by atoms with van der Waals surface area (Å²) in [5.74, 6) is 1.98. The number of halogens is 1. The Labute approximate surface area is 140 Å². The van der Waals surface area contributed by atoms with Crippen LogP contribution in [0.4, 0.5) is 0 Å². The highest BCUT2D eigenvalue weighted by Crippen LogP contribution is 2.29. The average Bonchev–Trinajstić information content (AvgIpc) is 3.20. The Hall–Kier alpha value is -2.60. The van der Waals surface area contributed by atoms with Crippen LogP contribution in [0.15, 0.2) is 63.8 Å². The van der Waals surface area contributed by atoms with E-state index < -0.39 is 0 Å². The van der Waals surface area contributed by atoms with Crippen molar-refractivity contribution >= 4 is 21.6 Å². The molecular formula is C17H12BrN3O2. The number of ether oxygens (including phenoxy) is 1. The van der Waals surface area contributed by atoms with Gasteiger partial charge in [-0.1, -0.05) is 17.7 Å². The van der Waals surface area contributed by atoms with Gasteiger partial charge in [0.1, 0.15) is 11.4 Å². The van der Waals surface area contributed by atoms with Crippen LogP contribution in [0, 0.1) is 6.92 Å². The lowest BCUT2D eigenvalue weighted by Gasteiger charge is -2.09. The molecule has 5 nitrogen and oxygen atoms in total. The second-order valence-electron chi connectivity index (χ2n) is 5.10. The molecule has 0 aliphatic heterocycles. The van der Waals surface area contributed by atoms with Gasteiger partial charge in [0.15, 0.2) is 11.4 Å². The van der Waals surface area contributed by atoms with Crippen LogP contribution in [0.5, 0.6) is 11.6 Å².